The first-order valence-corrected chi connectivity index (χ1v) is 13.4. The van der Waals surface area contributed by atoms with E-state index in [-0.39, 0.29) is 18.7 Å². The average Bonchev–Trinajstić information content (AvgIpc) is 3.30. The molecule has 2 aromatic carbocycles. The summed E-state index contributed by atoms with van der Waals surface area (Å²) in [5, 5.41) is 0.648. The quantitative estimate of drug-likeness (QED) is 0.325. The van der Waals surface area contributed by atoms with Gasteiger partial charge in [-0.25, -0.2) is 14.6 Å². The topological polar surface area (TPSA) is 93.8 Å². The maximum atomic E-state index is 12.3. The number of hydrogen-bond acceptors (Lipinski definition) is 6. The van der Waals surface area contributed by atoms with Gasteiger partial charge >= 0.3 is 12.1 Å². The monoisotopic (exact) mass is 541 g/mol. The molecule has 0 radical (unpaired) electrons. The molecule has 1 N–H and O–H groups in total. The smallest absolute Gasteiger partial charge is 0.410 e. The van der Waals surface area contributed by atoms with E-state index in [2.05, 4.69) is 4.98 Å². The normalized spacial score (nSPS) is 14.5. The fourth-order valence-electron chi connectivity index (χ4n) is 4.73. The molecule has 9 heteroatoms. The zero-order valence-electron chi connectivity index (χ0n) is 22.5. The highest BCUT2D eigenvalue weighted by Crippen LogP contribution is 2.27. The SMILES string of the molecule is COC(=O)c1cc(CCCC2CCN(C(=O)OC(C)(C)C)CC2)c2nc(COc3ccc(Cl)cc3)[nH]c2c1. The number of aromatic nitrogens is 2. The Morgan fingerprint density at radius 2 is 1.84 bits per heavy atom. The third-order valence-corrected chi connectivity index (χ3v) is 6.90. The van der Waals surface area contributed by atoms with Crippen LogP contribution in [-0.4, -0.2) is 52.7 Å². The van der Waals surface area contributed by atoms with E-state index in [1.165, 1.54) is 7.11 Å². The summed E-state index contributed by atoms with van der Waals surface area (Å²) in [4.78, 5) is 34.5. The van der Waals surface area contributed by atoms with Gasteiger partial charge in [0, 0.05) is 18.1 Å². The maximum absolute atomic E-state index is 12.3. The summed E-state index contributed by atoms with van der Waals surface area (Å²) >= 11 is 5.95. The van der Waals surface area contributed by atoms with Crippen LogP contribution in [0.1, 0.15) is 68.2 Å². The Kier molecular flexibility index (Phi) is 8.82. The number of esters is 1. The summed E-state index contributed by atoms with van der Waals surface area (Å²) in [6.45, 7) is 7.37. The number of rotatable bonds is 8. The van der Waals surface area contributed by atoms with Crippen molar-refractivity contribution < 1.29 is 23.8 Å². The molecule has 204 valence electrons. The number of amides is 1. The first-order valence-electron chi connectivity index (χ1n) is 13.1. The number of piperidine rings is 1. The molecular formula is C29H36ClN3O5. The van der Waals surface area contributed by atoms with E-state index < -0.39 is 5.60 Å². The third-order valence-electron chi connectivity index (χ3n) is 6.65. The van der Waals surface area contributed by atoms with E-state index in [0.29, 0.717) is 28.1 Å². The zero-order valence-corrected chi connectivity index (χ0v) is 23.3. The fraction of sp³-hybridized carbons (Fsp3) is 0.483. The molecule has 8 nitrogen and oxygen atoms in total. The average molecular weight is 542 g/mol. The highest BCUT2D eigenvalue weighted by atomic mass is 35.5. The number of nitrogens with one attached hydrogen (secondary N) is 1. The van der Waals surface area contributed by atoms with Gasteiger partial charge in [0.25, 0.3) is 0 Å². The molecule has 0 unspecified atom stereocenters. The van der Waals surface area contributed by atoms with Crippen molar-refractivity contribution in [2.24, 2.45) is 5.92 Å². The summed E-state index contributed by atoms with van der Waals surface area (Å²) in [6.07, 6.45) is 4.49. The van der Waals surface area contributed by atoms with Crippen LogP contribution in [0.3, 0.4) is 0 Å². The molecule has 38 heavy (non-hydrogen) atoms. The first kappa shape index (κ1) is 27.8. The van der Waals surface area contributed by atoms with Gasteiger partial charge in [0.1, 0.15) is 23.8 Å². The number of nitrogens with zero attached hydrogens (tertiary/aromatic N) is 2. The minimum atomic E-state index is -0.480. The standard InChI is InChI=1S/C29H36ClN3O5/c1-29(2,3)38-28(35)33-14-12-19(13-15-33)6-5-7-20-16-21(27(34)36-4)17-24-26(20)32-25(31-24)18-37-23-10-8-22(30)9-11-23/h8-11,16-17,19H,5-7,12-15,18H2,1-4H3,(H,31,32). The Labute approximate surface area is 228 Å². The van der Waals surface area contributed by atoms with E-state index in [1.54, 1.807) is 18.2 Å². The van der Waals surface area contributed by atoms with Crippen molar-refractivity contribution in [2.45, 2.75) is 65.1 Å². The number of halogens is 1. The minimum Gasteiger partial charge on any atom is -0.486 e. The van der Waals surface area contributed by atoms with Gasteiger partial charge in [-0.15, -0.1) is 0 Å². The van der Waals surface area contributed by atoms with Gasteiger partial charge in [-0.05, 0) is 101 Å². The van der Waals surface area contributed by atoms with Crippen LogP contribution in [0.5, 0.6) is 5.75 Å². The molecular weight excluding hydrogens is 506 g/mol. The molecule has 4 rings (SSSR count). The molecule has 0 atom stereocenters. The van der Waals surface area contributed by atoms with E-state index in [1.807, 2.05) is 43.9 Å². The number of aromatic amines is 1. The van der Waals surface area contributed by atoms with Crippen molar-refractivity contribution in [3.63, 3.8) is 0 Å². The summed E-state index contributed by atoms with van der Waals surface area (Å²) in [5.74, 6) is 1.54. The summed E-state index contributed by atoms with van der Waals surface area (Å²) in [6, 6.07) is 10.8. The number of methoxy groups -OCH3 is 1. The molecule has 1 aromatic heterocycles. The molecule has 2 heterocycles. The molecule has 0 saturated carbocycles. The summed E-state index contributed by atoms with van der Waals surface area (Å²) in [5.41, 5.74) is 2.64. The minimum absolute atomic E-state index is 0.229. The predicted octanol–water partition coefficient (Wildman–Crippen LogP) is 6.55. The Morgan fingerprint density at radius 1 is 1.13 bits per heavy atom. The number of carbonyl (C=O) groups excluding carboxylic acids is 2. The van der Waals surface area contributed by atoms with Crippen LogP contribution in [0, 0.1) is 5.92 Å². The summed E-state index contributed by atoms with van der Waals surface area (Å²) < 4.78 is 16.3. The molecule has 1 aliphatic rings. The molecule has 3 aromatic rings. The highest BCUT2D eigenvalue weighted by Gasteiger charge is 2.26. The van der Waals surface area contributed by atoms with Gasteiger partial charge in [0.2, 0.25) is 0 Å². The molecule has 1 saturated heterocycles. The van der Waals surface area contributed by atoms with Crippen LogP contribution in [0.4, 0.5) is 4.79 Å². The fourth-order valence-corrected chi connectivity index (χ4v) is 4.86. The van der Waals surface area contributed by atoms with Crippen LogP contribution in [0.2, 0.25) is 5.02 Å². The highest BCUT2D eigenvalue weighted by molar-refractivity contribution is 6.30. The number of hydrogen-bond donors (Lipinski definition) is 1. The van der Waals surface area contributed by atoms with Crippen molar-refractivity contribution >= 4 is 34.7 Å². The van der Waals surface area contributed by atoms with E-state index in [4.69, 9.17) is 30.8 Å². The predicted molar refractivity (Wildman–Crippen MR) is 147 cm³/mol. The van der Waals surface area contributed by atoms with Crippen molar-refractivity contribution in [3.05, 3.63) is 58.4 Å². The number of fused-ring (bicyclic) bond motifs is 1. The lowest BCUT2D eigenvalue weighted by molar-refractivity contribution is 0.0180. The lowest BCUT2D eigenvalue weighted by Crippen LogP contribution is -2.41. The molecule has 0 bridgehead atoms. The second kappa shape index (κ2) is 12.1. The van der Waals surface area contributed by atoms with Crippen LogP contribution >= 0.6 is 11.6 Å². The number of benzene rings is 2. The van der Waals surface area contributed by atoms with Gasteiger partial charge in [-0.1, -0.05) is 11.6 Å². The molecule has 0 spiro atoms. The van der Waals surface area contributed by atoms with Crippen LogP contribution in [0.25, 0.3) is 11.0 Å². The Hall–Kier alpha value is -3.26. The van der Waals surface area contributed by atoms with Gasteiger partial charge < -0.3 is 24.1 Å². The third kappa shape index (κ3) is 7.40. The van der Waals surface area contributed by atoms with E-state index >= 15 is 0 Å². The Bertz CT molecular complexity index is 1260. The van der Waals surface area contributed by atoms with Crippen LogP contribution in [-0.2, 0) is 22.5 Å². The molecule has 1 aliphatic heterocycles. The largest absolute Gasteiger partial charge is 0.486 e. The second-order valence-corrected chi connectivity index (χ2v) is 11.2. The van der Waals surface area contributed by atoms with Crippen LogP contribution in [0.15, 0.2) is 36.4 Å². The molecule has 1 amide bonds. The number of aryl methyl sites for hydroxylation is 1. The lowest BCUT2D eigenvalue weighted by atomic mass is 9.90. The van der Waals surface area contributed by atoms with Gasteiger partial charge in [-0.2, -0.15) is 0 Å². The van der Waals surface area contributed by atoms with E-state index in [0.717, 1.165) is 61.8 Å². The molecule has 1 fully saturated rings. The molecule has 0 aliphatic carbocycles. The number of ether oxygens (including phenoxy) is 3. The van der Waals surface area contributed by atoms with Crippen molar-refractivity contribution in [2.75, 3.05) is 20.2 Å². The van der Waals surface area contributed by atoms with E-state index in [9.17, 15) is 9.59 Å². The van der Waals surface area contributed by atoms with Gasteiger partial charge in [0.15, 0.2) is 0 Å². The Balaban J connectivity index is 1.38. The number of H-pyrrole nitrogens is 1. The van der Waals surface area contributed by atoms with Crippen molar-refractivity contribution in [1.82, 2.24) is 14.9 Å². The number of imidazole rings is 1. The van der Waals surface area contributed by atoms with Crippen molar-refractivity contribution in [1.29, 1.82) is 0 Å². The second-order valence-electron chi connectivity index (χ2n) is 10.8. The Morgan fingerprint density at radius 3 is 2.50 bits per heavy atom. The van der Waals surface area contributed by atoms with Gasteiger partial charge in [-0.3, -0.25) is 0 Å². The number of likely N-dealkylation sites (tertiary alicyclic amines) is 1. The van der Waals surface area contributed by atoms with Crippen molar-refractivity contribution in [3.8, 4) is 5.75 Å². The lowest BCUT2D eigenvalue weighted by Gasteiger charge is -2.33. The van der Waals surface area contributed by atoms with Gasteiger partial charge in [0.05, 0.1) is 23.7 Å². The van der Waals surface area contributed by atoms with Crippen LogP contribution < -0.4 is 4.74 Å². The summed E-state index contributed by atoms with van der Waals surface area (Å²) in [7, 11) is 1.38. The number of carbonyl (C=O) groups is 2. The first-order chi connectivity index (χ1) is 18.1. The zero-order chi connectivity index (χ0) is 27.3. The maximum Gasteiger partial charge on any atom is 0.410 e.